The zero-order valence-electron chi connectivity index (χ0n) is 16.6. The van der Waals surface area contributed by atoms with Crippen LogP contribution in [0.3, 0.4) is 0 Å². The van der Waals surface area contributed by atoms with Crippen LogP contribution in [-0.2, 0) is 14.3 Å². The largest absolute Gasteiger partial charge is 0.453 e. The fourth-order valence-corrected chi connectivity index (χ4v) is 2.96. The number of esters is 1. The Bertz CT molecular complexity index is 861. The number of Topliss-reactive ketones (excluding diaryl/α,β-unsaturated/α-hetero) is 1. The maximum atomic E-state index is 12.3. The lowest BCUT2D eigenvalue weighted by Gasteiger charge is -2.15. The molecule has 0 unspecified atom stereocenters. The van der Waals surface area contributed by atoms with Gasteiger partial charge >= 0.3 is 5.97 Å². The summed E-state index contributed by atoms with van der Waals surface area (Å²) in [7, 11) is 0. The van der Waals surface area contributed by atoms with E-state index in [1.54, 1.807) is 23.9 Å². The Labute approximate surface area is 169 Å². The number of ketones is 1. The van der Waals surface area contributed by atoms with Gasteiger partial charge in [-0.1, -0.05) is 24.3 Å². The average Bonchev–Trinajstić information content (AvgIpc) is 2.68. The topological polar surface area (TPSA) is 72.5 Å². The lowest BCUT2D eigenvalue weighted by Crippen LogP contribution is -2.30. The van der Waals surface area contributed by atoms with Gasteiger partial charge < -0.3 is 10.1 Å². The second-order valence-electron chi connectivity index (χ2n) is 6.59. The summed E-state index contributed by atoms with van der Waals surface area (Å²) in [6.07, 6.45) is 1.00. The molecule has 1 atom stereocenters. The highest BCUT2D eigenvalue weighted by molar-refractivity contribution is 7.98. The molecule has 28 heavy (non-hydrogen) atoms. The highest BCUT2D eigenvalue weighted by Crippen LogP contribution is 2.18. The monoisotopic (exact) mass is 399 g/mol. The van der Waals surface area contributed by atoms with Crippen molar-refractivity contribution in [1.29, 1.82) is 0 Å². The Hall–Kier alpha value is -2.60. The van der Waals surface area contributed by atoms with Crippen LogP contribution in [0.1, 0.15) is 41.3 Å². The van der Waals surface area contributed by atoms with Gasteiger partial charge in [0.25, 0.3) is 5.91 Å². The minimum absolute atomic E-state index is 0.0444. The molecule has 0 spiro atoms. The summed E-state index contributed by atoms with van der Waals surface area (Å²) in [6.45, 7) is 5.34. The molecule has 148 valence electrons. The Kier molecular flexibility index (Phi) is 7.81. The Morgan fingerprint density at radius 1 is 1.04 bits per heavy atom. The molecule has 2 aromatic rings. The van der Waals surface area contributed by atoms with Gasteiger partial charge in [0.2, 0.25) is 0 Å². The number of benzene rings is 2. The van der Waals surface area contributed by atoms with Gasteiger partial charge in [-0.15, -0.1) is 11.8 Å². The second kappa shape index (κ2) is 10.1. The predicted octanol–water partition coefficient (Wildman–Crippen LogP) is 4.56. The molecule has 2 rings (SSSR count). The number of anilines is 1. The molecule has 0 aliphatic rings. The molecule has 0 radical (unpaired) electrons. The molecule has 0 aliphatic heterocycles. The molecule has 0 saturated heterocycles. The quantitative estimate of drug-likeness (QED) is 0.400. The SMILES string of the molecule is CSc1ccc(C(=O)CCC(=O)O[C@@H](C)C(=O)Nc2cc(C)ccc2C)cc1. The summed E-state index contributed by atoms with van der Waals surface area (Å²) in [5.41, 5.74) is 3.20. The van der Waals surface area contributed by atoms with Crippen LogP contribution in [0.15, 0.2) is 47.4 Å². The molecule has 0 bridgehead atoms. The van der Waals surface area contributed by atoms with E-state index < -0.39 is 18.0 Å². The highest BCUT2D eigenvalue weighted by atomic mass is 32.2. The predicted molar refractivity (Wildman–Crippen MR) is 112 cm³/mol. The van der Waals surface area contributed by atoms with Crippen LogP contribution in [-0.4, -0.2) is 30.0 Å². The molecule has 0 heterocycles. The molecule has 6 heteroatoms. The number of aryl methyl sites for hydroxylation is 2. The third-order valence-electron chi connectivity index (χ3n) is 4.30. The number of thioether (sulfide) groups is 1. The fraction of sp³-hybridized carbons (Fsp3) is 0.318. The molecule has 0 fully saturated rings. The van der Waals surface area contributed by atoms with Crippen LogP contribution in [0, 0.1) is 13.8 Å². The molecule has 0 aliphatic carbocycles. The second-order valence-corrected chi connectivity index (χ2v) is 7.47. The zero-order valence-corrected chi connectivity index (χ0v) is 17.4. The standard InChI is InChI=1S/C22H25NO4S/c1-14-5-6-15(2)19(13-14)23-22(26)16(3)27-21(25)12-11-20(24)17-7-9-18(28-4)10-8-17/h5-10,13,16H,11-12H2,1-4H3,(H,23,26)/t16-/m0/s1. The van der Waals surface area contributed by atoms with Gasteiger partial charge in [-0.2, -0.15) is 0 Å². The first-order valence-corrected chi connectivity index (χ1v) is 10.3. The van der Waals surface area contributed by atoms with Crippen molar-refractivity contribution in [1.82, 2.24) is 0 Å². The minimum atomic E-state index is -0.941. The summed E-state index contributed by atoms with van der Waals surface area (Å²) in [4.78, 5) is 37.5. The van der Waals surface area contributed by atoms with Crippen molar-refractivity contribution in [3.63, 3.8) is 0 Å². The van der Waals surface area contributed by atoms with E-state index in [9.17, 15) is 14.4 Å². The van der Waals surface area contributed by atoms with E-state index in [2.05, 4.69) is 5.32 Å². The normalized spacial score (nSPS) is 11.6. The lowest BCUT2D eigenvalue weighted by atomic mass is 10.1. The van der Waals surface area contributed by atoms with Gasteiger partial charge in [-0.25, -0.2) is 0 Å². The van der Waals surface area contributed by atoms with E-state index in [4.69, 9.17) is 4.74 Å². The summed E-state index contributed by atoms with van der Waals surface area (Å²) < 4.78 is 5.17. The van der Waals surface area contributed by atoms with E-state index in [0.29, 0.717) is 11.3 Å². The first kappa shape index (κ1) is 21.7. The average molecular weight is 400 g/mol. The lowest BCUT2D eigenvalue weighted by molar-refractivity contribution is -0.153. The van der Waals surface area contributed by atoms with Gasteiger partial charge in [0, 0.05) is 22.6 Å². The van der Waals surface area contributed by atoms with Crippen LogP contribution in [0.5, 0.6) is 0 Å². The third-order valence-corrected chi connectivity index (χ3v) is 5.04. The van der Waals surface area contributed by atoms with Crippen LogP contribution in [0.25, 0.3) is 0 Å². The van der Waals surface area contributed by atoms with Crippen molar-refractivity contribution in [2.45, 2.75) is 44.6 Å². The number of carbonyl (C=O) groups is 3. The Morgan fingerprint density at radius 2 is 1.71 bits per heavy atom. The Morgan fingerprint density at radius 3 is 2.36 bits per heavy atom. The van der Waals surface area contributed by atoms with Crippen molar-refractivity contribution >= 4 is 35.1 Å². The van der Waals surface area contributed by atoms with E-state index in [-0.39, 0.29) is 18.6 Å². The summed E-state index contributed by atoms with van der Waals surface area (Å²) in [6, 6.07) is 13.0. The highest BCUT2D eigenvalue weighted by Gasteiger charge is 2.19. The van der Waals surface area contributed by atoms with Crippen molar-refractivity contribution in [3.05, 3.63) is 59.2 Å². The number of carbonyl (C=O) groups excluding carboxylic acids is 3. The summed E-state index contributed by atoms with van der Waals surface area (Å²) in [5, 5.41) is 2.77. The number of ether oxygens (including phenoxy) is 1. The van der Waals surface area contributed by atoms with E-state index in [1.807, 2.05) is 50.4 Å². The molecular formula is C22H25NO4S. The van der Waals surface area contributed by atoms with Crippen LogP contribution >= 0.6 is 11.8 Å². The van der Waals surface area contributed by atoms with Gasteiger partial charge in [0.1, 0.15) is 0 Å². The first-order chi connectivity index (χ1) is 13.3. The number of hydrogen-bond acceptors (Lipinski definition) is 5. The van der Waals surface area contributed by atoms with Crippen LogP contribution in [0.4, 0.5) is 5.69 Å². The van der Waals surface area contributed by atoms with Gasteiger partial charge in [-0.3, -0.25) is 14.4 Å². The van der Waals surface area contributed by atoms with Crippen molar-refractivity contribution < 1.29 is 19.1 Å². The number of nitrogens with one attached hydrogen (secondary N) is 1. The first-order valence-electron chi connectivity index (χ1n) is 9.05. The number of amides is 1. The van der Waals surface area contributed by atoms with Crippen molar-refractivity contribution in [2.75, 3.05) is 11.6 Å². The maximum absolute atomic E-state index is 12.3. The van der Waals surface area contributed by atoms with E-state index in [1.165, 1.54) is 6.92 Å². The molecule has 0 saturated carbocycles. The molecule has 0 aromatic heterocycles. The summed E-state index contributed by atoms with van der Waals surface area (Å²) in [5.74, 6) is -1.10. The molecule has 1 amide bonds. The zero-order chi connectivity index (χ0) is 20.7. The van der Waals surface area contributed by atoms with Crippen molar-refractivity contribution in [3.8, 4) is 0 Å². The summed E-state index contributed by atoms with van der Waals surface area (Å²) >= 11 is 1.60. The fourth-order valence-electron chi connectivity index (χ4n) is 2.55. The van der Waals surface area contributed by atoms with Gasteiger partial charge in [0.15, 0.2) is 11.9 Å². The number of rotatable bonds is 8. The molecule has 5 nitrogen and oxygen atoms in total. The van der Waals surface area contributed by atoms with Crippen molar-refractivity contribution in [2.24, 2.45) is 0 Å². The van der Waals surface area contributed by atoms with Gasteiger partial charge in [0.05, 0.1) is 6.42 Å². The maximum Gasteiger partial charge on any atom is 0.307 e. The molecule has 1 N–H and O–H groups in total. The molecule has 2 aromatic carbocycles. The van der Waals surface area contributed by atoms with Crippen LogP contribution < -0.4 is 5.32 Å². The van der Waals surface area contributed by atoms with Crippen LogP contribution in [0.2, 0.25) is 0 Å². The van der Waals surface area contributed by atoms with E-state index >= 15 is 0 Å². The van der Waals surface area contributed by atoms with E-state index in [0.717, 1.165) is 16.0 Å². The van der Waals surface area contributed by atoms with Gasteiger partial charge in [-0.05, 0) is 56.4 Å². The molecular weight excluding hydrogens is 374 g/mol. The smallest absolute Gasteiger partial charge is 0.307 e. The Balaban J connectivity index is 1.83. The number of hydrogen-bond donors (Lipinski definition) is 1. The minimum Gasteiger partial charge on any atom is -0.453 e. The third kappa shape index (κ3) is 6.23.